The molecule has 130 valence electrons. The Morgan fingerprint density at radius 3 is 2.12 bits per heavy atom. The Balaban J connectivity index is 1.70. The molecule has 0 aliphatic carbocycles. The minimum atomic E-state index is -0.503. The molecule has 3 aromatic rings. The molecule has 0 amide bonds. The van der Waals surface area contributed by atoms with Gasteiger partial charge in [-0.3, -0.25) is 0 Å². The summed E-state index contributed by atoms with van der Waals surface area (Å²) < 4.78 is 19.6. The fourth-order valence-corrected chi connectivity index (χ4v) is 2.52. The molecule has 3 rings (SSSR count). The lowest BCUT2D eigenvalue weighted by atomic mass is 10.0. The third-order valence-corrected chi connectivity index (χ3v) is 4.01. The van der Waals surface area contributed by atoms with E-state index in [0.717, 1.165) is 16.7 Å². The second-order valence-corrected chi connectivity index (χ2v) is 6.17. The van der Waals surface area contributed by atoms with Gasteiger partial charge in [-0.05, 0) is 49.2 Å². The number of ether oxygens (including phenoxy) is 1. The van der Waals surface area contributed by atoms with Crippen LogP contribution < -0.4 is 4.74 Å². The summed E-state index contributed by atoms with van der Waals surface area (Å²) in [6.45, 7) is 3.95. The van der Waals surface area contributed by atoms with Gasteiger partial charge in [-0.2, -0.15) is 0 Å². The summed E-state index contributed by atoms with van der Waals surface area (Å²) in [6.07, 6.45) is 2.83. The van der Waals surface area contributed by atoms with Crippen LogP contribution in [-0.4, -0.2) is 5.97 Å². The van der Waals surface area contributed by atoms with Crippen LogP contribution in [0.4, 0.5) is 4.39 Å². The molecule has 0 heterocycles. The van der Waals surface area contributed by atoms with Crippen LogP contribution in [-0.2, 0) is 4.79 Å². The Morgan fingerprint density at radius 2 is 1.50 bits per heavy atom. The third kappa shape index (κ3) is 4.45. The molecule has 0 N–H and O–H groups in total. The summed E-state index contributed by atoms with van der Waals surface area (Å²) in [5, 5.41) is 0. The van der Waals surface area contributed by atoms with Gasteiger partial charge in [0.15, 0.2) is 0 Å². The summed E-state index contributed by atoms with van der Waals surface area (Å²) >= 11 is 0. The first-order valence-corrected chi connectivity index (χ1v) is 8.34. The van der Waals surface area contributed by atoms with Gasteiger partial charge in [0, 0.05) is 11.6 Å². The van der Waals surface area contributed by atoms with Crippen molar-refractivity contribution in [2.45, 2.75) is 13.8 Å². The number of esters is 1. The van der Waals surface area contributed by atoms with E-state index in [-0.39, 0.29) is 5.82 Å². The molecule has 0 fully saturated rings. The van der Waals surface area contributed by atoms with Crippen molar-refractivity contribution in [2.24, 2.45) is 0 Å². The topological polar surface area (TPSA) is 26.3 Å². The van der Waals surface area contributed by atoms with Gasteiger partial charge in [0.05, 0.1) is 0 Å². The molecule has 0 atom stereocenters. The molecule has 0 spiro atoms. The van der Waals surface area contributed by atoms with E-state index in [1.54, 1.807) is 30.3 Å². The highest BCUT2D eigenvalue weighted by Gasteiger charge is 2.06. The predicted octanol–water partition coefficient (Wildman–Crippen LogP) is 5.73. The molecule has 3 heteroatoms. The fraction of sp³-hybridized carbons (Fsp3) is 0.0870. The largest absolute Gasteiger partial charge is 0.423 e. The zero-order chi connectivity index (χ0) is 18.5. The molecule has 3 aromatic carbocycles. The smallest absolute Gasteiger partial charge is 0.336 e. The number of halogens is 1. The molecule has 0 bridgehead atoms. The first kappa shape index (κ1) is 17.6. The molecule has 0 aliphatic heterocycles. The monoisotopic (exact) mass is 346 g/mol. The molecule has 2 nitrogen and oxygen atoms in total. The Morgan fingerprint density at radius 1 is 0.885 bits per heavy atom. The molecule has 26 heavy (non-hydrogen) atoms. The minimum absolute atomic E-state index is 0.331. The van der Waals surface area contributed by atoms with E-state index in [0.29, 0.717) is 16.9 Å². The average molecular weight is 346 g/mol. The summed E-state index contributed by atoms with van der Waals surface area (Å²) in [5.41, 5.74) is 4.16. The lowest BCUT2D eigenvalue weighted by Crippen LogP contribution is -2.03. The quantitative estimate of drug-likeness (QED) is 0.343. The normalized spacial score (nSPS) is 10.9. The lowest BCUT2D eigenvalue weighted by Gasteiger charge is -2.05. The highest BCUT2D eigenvalue weighted by Crippen LogP contribution is 2.24. The van der Waals surface area contributed by atoms with Crippen LogP contribution in [0.2, 0.25) is 0 Å². The third-order valence-electron chi connectivity index (χ3n) is 4.01. The van der Waals surface area contributed by atoms with Crippen LogP contribution in [0.1, 0.15) is 16.7 Å². The van der Waals surface area contributed by atoms with E-state index in [4.69, 9.17) is 4.74 Å². The molecule has 0 unspecified atom stereocenters. The van der Waals surface area contributed by atoms with Crippen LogP contribution in [0.3, 0.4) is 0 Å². The van der Waals surface area contributed by atoms with Gasteiger partial charge >= 0.3 is 5.97 Å². The van der Waals surface area contributed by atoms with Gasteiger partial charge in [-0.25, -0.2) is 9.18 Å². The van der Waals surface area contributed by atoms with E-state index in [9.17, 15) is 9.18 Å². The van der Waals surface area contributed by atoms with Crippen molar-refractivity contribution >= 4 is 12.0 Å². The minimum Gasteiger partial charge on any atom is -0.423 e. The second kappa shape index (κ2) is 7.79. The van der Waals surface area contributed by atoms with Gasteiger partial charge in [-0.15, -0.1) is 0 Å². The van der Waals surface area contributed by atoms with E-state index >= 15 is 0 Å². The Hall–Kier alpha value is -3.20. The fourth-order valence-electron chi connectivity index (χ4n) is 2.52. The number of benzene rings is 3. The molecule has 0 saturated heterocycles. The van der Waals surface area contributed by atoms with Crippen LogP contribution >= 0.6 is 0 Å². The summed E-state index contributed by atoms with van der Waals surface area (Å²) in [6, 6.07) is 19.8. The summed E-state index contributed by atoms with van der Waals surface area (Å²) in [7, 11) is 0. The first-order valence-electron chi connectivity index (χ1n) is 8.34. The maximum absolute atomic E-state index is 14.4. The van der Waals surface area contributed by atoms with E-state index < -0.39 is 5.97 Å². The summed E-state index contributed by atoms with van der Waals surface area (Å²) in [4.78, 5) is 11.9. The van der Waals surface area contributed by atoms with E-state index in [1.807, 2.05) is 50.2 Å². The molecule has 0 saturated carbocycles. The van der Waals surface area contributed by atoms with Crippen LogP contribution in [0.25, 0.3) is 17.2 Å². The van der Waals surface area contributed by atoms with E-state index in [2.05, 4.69) is 0 Å². The Bertz CT molecular complexity index is 939. The molecule has 0 aliphatic rings. The number of carbonyl (C=O) groups is 1. The van der Waals surface area contributed by atoms with E-state index in [1.165, 1.54) is 12.1 Å². The van der Waals surface area contributed by atoms with Crippen molar-refractivity contribution in [2.75, 3.05) is 0 Å². The predicted molar refractivity (Wildman–Crippen MR) is 102 cm³/mol. The Labute approximate surface area is 152 Å². The van der Waals surface area contributed by atoms with Crippen molar-refractivity contribution in [3.8, 4) is 16.9 Å². The zero-order valence-electron chi connectivity index (χ0n) is 14.7. The van der Waals surface area contributed by atoms with Crippen LogP contribution in [0.5, 0.6) is 5.75 Å². The highest BCUT2D eigenvalue weighted by molar-refractivity contribution is 5.88. The number of hydrogen-bond donors (Lipinski definition) is 0. The van der Waals surface area contributed by atoms with Crippen LogP contribution in [0, 0.1) is 19.7 Å². The van der Waals surface area contributed by atoms with Gasteiger partial charge in [0.1, 0.15) is 11.6 Å². The van der Waals surface area contributed by atoms with Gasteiger partial charge in [0.25, 0.3) is 0 Å². The second-order valence-electron chi connectivity index (χ2n) is 6.17. The summed E-state index contributed by atoms with van der Waals surface area (Å²) in [5.74, 6) is -0.356. The maximum Gasteiger partial charge on any atom is 0.336 e. The lowest BCUT2D eigenvalue weighted by molar-refractivity contribution is -0.128. The van der Waals surface area contributed by atoms with Gasteiger partial charge < -0.3 is 4.74 Å². The highest BCUT2D eigenvalue weighted by atomic mass is 19.1. The maximum atomic E-state index is 14.4. The van der Waals surface area contributed by atoms with Crippen molar-refractivity contribution in [1.82, 2.24) is 0 Å². The SMILES string of the molecule is Cc1ccc(OC(=O)/C=C/c2ccc(-c3ccc(C)cc3)c(F)c2)cc1. The number of rotatable bonds is 4. The van der Waals surface area contributed by atoms with Crippen molar-refractivity contribution in [3.63, 3.8) is 0 Å². The van der Waals surface area contributed by atoms with Crippen molar-refractivity contribution in [3.05, 3.63) is 95.3 Å². The Kier molecular flexibility index (Phi) is 5.28. The standard InChI is InChI=1S/C23H19FO2/c1-16-3-9-19(10-4-16)21-13-7-18(15-22(21)24)8-14-23(25)26-20-11-5-17(2)6-12-20/h3-15H,1-2H3/b14-8+. The van der Waals surface area contributed by atoms with Gasteiger partial charge in [-0.1, -0.05) is 59.7 Å². The molecule has 0 aromatic heterocycles. The van der Waals surface area contributed by atoms with Crippen molar-refractivity contribution in [1.29, 1.82) is 0 Å². The number of hydrogen-bond acceptors (Lipinski definition) is 2. The van der Waals surface area contributed by atoms with Crippen LogP contribution in [0.15, 0.2) is 72.8 Å². The molecular weight excluding hydrogens is 327 g/mol. The molecular formula is C23H19FO2. The zero-order valence-corrected chi connectivity index (χ0v) is 14.7. The number of aryl methyl sites for hydroxylation is 2. The number of carbonyl (C=O) groups excluding carboxylic acids is 1. The van der Waals surface area contributed by atoms with Gasteiger partial charge in [0.2, 0.25) is 0 Å². The average Bonchev–Trinajstić information content (AvgIpc) is 2.63. The molecule has 0 radical (unpaired) electrons. The first-order chi connectivity index (χ1) is 12.5. The van der Waals surface area contributed by atoms with Crippen molar-refractivity contribution < 1.29 is 13.9 Å².